The van der Waals surface area contributed by atoms with Gasteiger partial charge in [0.05, 0.1) is 14.2 Å². The molecule has 108 valence electrons. The van der Waals surface area contributed by atoms with Crippen LogP contribution in [0.15, 0.2) is 12.2 Å². The molecule has 0 N–H and O–H groups in total. The van der Waals surface area contributed by atoms with Crippen LogP contribution in [0.1, 0.15) is 40.0 Å². The highest BCUT2D eigenvalue weighted by Crippen LogP contribution is 2.52. The van der Waals surface area contributed by atoms with Crippen molar-refractivity contribution >= 4 is 11.9 Å². The summed E-state index contributed by atoms with van der Waals surface area (Å²) >= 11 is 0. The molecule has 1 unspecified atom stereocenters. The van der Waals surface area contributed by atoms with Crippen LogP contribution >= 0.6 is 0 Å². The van der Waals surface area contributed by atoms with E-state index in [2.05, 4.69) is 20.4 Å². The lowest BCUT2D eigenvalue weighted by atomic mass is 9.57. The Hall–Kier alpha value is -1.32. The SMILES string of the molecule is C=C(C)C1CC(C(=O)OC)(C(=O)OC)CCC1(C)C. The minimum Gasteiger partial charge on any atom is -0.468 e. The first kappa shape index (κ1) is 15.7. The molecular formula is C15H24O4. The van der Waals surface area contributed by atoms with Crippen LogP contribution in [0.2, 0.25) is 0 Å². The van der Waals surface area contributed by atoms with Crippen LogP contribution < -0.4 is 0 Å². The van der Waals surface area contributed by atoms with Gasteiger partial charge >= 0.3 is 11.9 Å². The lowest BCUT2D eigenvalue weighted by Gasteiger charge is -2.46. The molecule has 1 aliphatic carbocycles. The second-order valence-corrected chi connectivity index (χ2v) is 6.16. The summed E-state index contributed by atoms with van der Waals surface area (Å²) in [5, 5.41) is 0. The van der Waals surface area contributed by atoms with E-state index in [1.807, 2.05) is 6.92 Å². The quantitative estimate of drug-likeness (QED) is 0.448. The highest BCUT2D eigenvalue weighted by molar-refractivity contribution is 6.00. The fraction of sp³-hybridized carbons (Fsp3) is 0.733. The van der Waals surface area contributed by atoms with Gasteiger partial charge in [0.25, 0.3) is 0 Å². The fourth-order valence-electron chi connectivity index (χ4n) is 3.12. The maximum Gasteiger partial charge on any atom is 0.323 e. The molecule has 0 aliphatic heterocycles. The Kier molecular flexibility index (Phi) is 4.43. The highest BCUT2D eigenvalue weighted by Gasteiger charge is 2.55. The average Bonchev–Trinajstić information content (AvgIpc) is 2.36. The van der Waals surface area contributed by atoms with Crippen molar-refractivity contribution in [3.8, 4) is 0 Å². The molecule has 0 aromatic rings. The van der Waals surface area contributed by atoms with E-state index in [-0.39, 0.29) is 11.3 Å². The standard InChI is InChI=1S/C15H24O4/c1-10(2)11-9-15(12(16)18-5,13(17)19-6)8-7-14(11,3)4/h11H,1,7-9H2,2-6H3. The predicted molar refractivity (Wildman–Crippen MR) is 72.4 cm³/mol. The van der Waals surface area contributed by atoms with Crippen molar-refractivity contribution in [3.05, 3.63) is 12.2 Å². The van der Waals surface area contributed by atoms with Gasteiger partial charge in [-0.2, -0.15) is 0 Å². The molecular weight excluding hydrogens is 244 g/mol. The van der Waals surface area contributed by atoms with E-state index in [1.165, 1.54) is 14.2 Å². The second kappa shape index (κ2) is 5.35. The molecule has 0 saturated heterocycles. The Morgan fingerprint density at radius 1 is 1.11 bits per heavy atom. The third kappa shape index (κ3) is 2.67. The lowest BCUT2D eigenvalue weighted by molar-refractivity contribution is -0.175. The molecule has 0 spiro atoms. The van der Waals surface area contributed by atoms with E-state index in [9.17, 15) is 9.59 Å². The van der Waals surface area contributed by atoms with Crippen molar-refractivity contribution in [1.82, 2.24) is 0 Å². The molecule has 1 saturated carbocycles. The van der Waals surface area contributed by atoms with Gasteiger partial charge in [-0.1, -0.05) is 26.0 Å². The molecule has 0 aromatic carbocycles. The fourth-order valence-corrected chi connectivity index (χ4v) is 3.12. The first-order chi connectivity index (χ1) is 8.71. The number of hydrogen-bond donors (Lipinski definition) is 0. The van der Waals surface area contributed by atoms with Gasteiger partial charge in [0.2, 0.25) is 0 Å². The molecule has 0 aromatic heterocycles. The number of carbonyl (C=O) groups excluding carboxylic acids is 2. The lowest BCUT2D eigenvalue weighted by Crippen LogP contribution is -2.49. The van der Waals surface area contributed by atoms with Gasteiger partial charge in [-0.3, -0.25) is 9.59 Å². The Labute approximate surface area is 115 Å². The normalized spacial score (nSPS) is 24.4. The molecule has 1 aliphatic rings. The Balaban J connectivity index is 3.19. The molecule has 19 heavy (non-hydrogen) atoms. The van der Waals surface area contributed by atoms with Crippen molar-refractivity contribution in [1.29, 1.82) is 0 Å². The van der Waals surface area contributed by atoms with Crippen molar-refractivity contribution in [3.63, 3.8) is 0 Å². The van der Waals surface area contributed by atoms with E-state index in [0.717, 1.165) is 12.0 Å². The largest absolute Gasteiger partial charge is 0.468 e. The number of methoxy groups -OCH3 is 2. The van der Waals surface area contributed by atoms with Crippen LogP contribution in [0.5, 0.6) is 0 Å². The van der Waals surface area contributed by atoms with Gasteiger partial charge in [-0.25, -0.2) is 0 Å². The molecule has 0 bridgehead atoms. The molecule has 0 radical (unpaired) electrons. The maximum absolute atomic E-state index is 12.1. The van der Waals surface area contributed by atoms with Crippen LogP contribution in [0, 0.1) is 16.7 Å². The van der Waals surface area contributed by atoms with Gasteiger partial charge in [0.1, 0.15) is 0 Å². The summed E-state index contributed by atoms with van der Waals surface area (Å²) in [6, 6.07) is 0. The van der Waals surface area contributed by atoms with Crippen molar-refractivity contribution in [2.24, 2.45) is 16.7 Å². The van der Waals surface area contributed by atoms with Crippen molar-refractivity contribution in [2.75, 3.05) is 14.2 Å². The third-order valence-electron chi connectivity index (χ3n) is 4.44. The van der Waals surface area contributed by atoms with E-state index >= 15 is 0 Å². The first-order valence-electron chi connectivity index (χ1n) is 6.53. The summed E-state index contributed by atoms with van der Waals surface area (Å²) < 4.78 is 9.69. The smallest absolute Gasteiger partial charge is 0.323 e. The first-order valence-corrected chi connectivity index (χ1v) is 6.53. The molecule has 1 rings (SSSR count). The van der Waals surface area contributed by atoms with E-state index in [0.29, 0.717) is 12.8 Å². The zero-order chi connectivity index (χ0) is 14.8. The molecule has 1 fully saturated rings. The monoisotopic (exact) mass is 268 g/mol. The number of esters is 2. The topological polar surface area (TPSA) is 52.6 Å². The van der Waals surface area contributed by atoms with Crippen molar-refractivity contribution in [2.45, 2.75) is 40.0 Å². The summed E-state index contributed by atoms with van der Waals surface area (Å²) in [6.07, 6.45) is 1.63. The zero-order valence-electron chi connectivity index (χ0n) is 12.5. The van der Waals surface area contributed by atoms with Crippen LogP contribution in [0.3, 0.4) is 0 Å². The summed E-state index contributed by atoms with van der Waals surface area (Å²) in [5.41, 5.74) is -0.165. The molecule has 0 heterocycles. The Morgan fingerprint density at radius 2 is 1.58 bits per heavy atom. The predicted octanol–water partition coefficient (Wildman–Crippen LogP) is 2.72. The highest BCUT2D eigenvalue weighted by atomic mass is 16.5. The number of hydrogen-bond acceptors (Lipinski definition) is 4. The maximum atomic E-state index is 12.1. The third-order valence-corrected chi connectivity index (χ3v) is 4.44. The van der Waals surface area contributed by atoms with Crippen LogP contribution in [0.4, 0.5) is 0 Å². The van der Waals surface area contributed by atoms with Gasteiger partial charge < -0.3 is 9.47 Å². The van der Waals surface area contributed by atoms with Gasteiger partial charge in [-0.05, 0) is 37.5 Å². The van der Waals surface area contributed by atoms with Gasteiger partial charge in [0.15, 0.2) is 5.41 Å². The van der Waals surface area contributed by atoms with Gasteiger partial charge in [0, 0.05) is 0 Å². The number of ether oxygens (including phenoxy) is 2. The minimum atomic E-state index is -1.18. The van der Waals surface area contributed by atoms with Gasteiger partial charge in [-0.15, -0.1) is 0 Å². The number of allylic oxidation sites excluding steroid dienone is 1. The Bertz CT molecular complexity index is 379. The van der Waals surface area contributed by atoms with Crippen LogP contribution in [-0.2, 0) is 19.1 Å². The zero-order valence-corrected chi connectivity index (χ0v) is 12.5. The van der Waals surface area contributed by atoms with Crippen LogP contribution in [-0.4, -0.2) is 26.2 Å². The van der Waals surface area contributed by atoms with E-state index < -0.39 is 17.4 Å². The number of rotatable bonds is 3. The van der Waals surface area contributed by atoms with Crippen molar-refractivity contribution < 1.29 is 19.1 Å². The van der Waals surface area contributed by atoms with Crippen LogP contribution in [0.25, 0.3) is 0 Å². The summed E-state index contributed by atoms with van der Waals surface area (Å²) in [5.74, 6) is -0.901. The molecule has 0 amide bonds. The molecule has 4 nitrogen and oxygen atoms in total. The van der Waals surface area contributed by atoms with E-state index in [1.54, 1.807) is 0 Å². The summed E-state index contributed by atoms with van der Waals surface area (Å²) in [7, 11) is 2.62. The summed E-state index contributed by atoms with van der Waals surface area (Å²) in [4.78, 5) is 24.2. The average molecular weight is 268 g/mol. The molecule has 4 heteroatoms. The Morgan fingerprint density at radius 3 is 1.95 bits per heavy atom. The summed E-state index contributed by atoms with van der Waals surface area (Å²) in [6.45, 7) is 10.2. The van der Waals surface area contributed by atoms with E-state index in [4.69, 9.17) is 9.47 Å². The minimum absolute atomic E-state index is 0.0252. The number of carbonyl (C=O) groups is 2. The molecule has 1 atom stereocenters. The second-order valence-electron chi connectivity index (χ2n) is 6.16.